The summed E-state index contributed by atoms with van der Waals surface area (Å²) in [6.45, 7) is 1.68. The summed E-state index contributed by atoms with van der Waals surface area (Å²) < 4.78 is 18.9. The van der Waals surface area contributed by atoms with E-state index in [-0.39, 0.29) is 24.6 Å². The molecule has 1 amide bonds. The number of anilines is 1. The summed E-state index contributed by atoms with van der Waals surface area (Å²) in [5, 5.41) is 7.63. The van der Waals surface area contributed by atoms with Crippen molar-refractivity contribution in [1.82, 2.24) is 15.1 Å². The Morgan fingerprint density at radius 1 is 1.11 bits per heavy atom. The molecule has 2 aromatic heterocycles. The van der Waals surface area contributed by atoms with Crippen molar-refractivity contribution in [3.05, 3.63) is 71.9 Å². The van der Waals surface area contributed by atoms with E-state index in [1.54, 1.807) is 25.1 Å². The van der Waals surface area contributed by atoms with Crippen LogP contribution in [0.15, 0.2) is 59.1 Å². The molecule has 0 saturated carbocycles. The quantitative estimate of drug-likeness (QED) is 0.561. The molecule has 0 aliphatic carbocycles. The van der Waals surface area contributed by atoms with Crippen LogP contribution in [0.2, 0.25) is 0 Å². The molecular weight excluding hydrogens is 359 g/mol. The number of hydrogen-bond donors (Lipinski definition) is 1. The van der Waals surface area contributed by atoms with Gasteiger partial charge in [-0.25, -0.2) is 9.37 Å². The number of nitrogens with zero attached hydrogens (tertiary/aromatic N) is 3. The molecule has 2 heterocycles. The van der Waals surface area contributed by atoms with Gasteiger partial charge < -0.3 is 9.84 Å². The zero-order chi connectivity index (χ0) is 19.5. The van der Waals surface area contributed by atoms with Gasteiger partial charge in [0, 0.05) is 23.8 Å². The van der Waals surface area contributed by atoms with Crippen molar-refractivity contribution >= 4 is 22.6 Å². The predicted octanol–water partition coefficient (Wildman–Crippen LogP) is 4.30. The van der Waals surface area contributed by atoms with Gasteiger partial charge in [0.2, 0.25) is 17.6 Å². The predicted molar refractivity (Wildman–Crippen MR) is 103 cm³/mol. The van der Waals surface area contributed by atoms with Gasteiger partial charge in [0.1, 0.15) is 11.6 Å². The van der Waals surface area contributed by atoms with E-state index in [9.17, 15) is 9.18 Å². The summed E-state index contributed by atoms with van der Waals surface area (Å²) >= 11 is 0. The number of para-hydroxylation sites is 1. The molecule has 0 aliphatic rings. The van der Waals surface area contributed by atoms with Crippen LogP contribution in [0, 0.1) is 12.7 Å². The van der Waals surface area contributed by atoms with Gasteiger partial charge in [-0.1, -0.05) is 35.5 Å². The second-order valence-corrected chi connectivity index (χ2v) is 6.41. The van der Waals surface area contributed by atoms with E-state index < -0.39 is 0 Å². The molecule has 140 valence electrons. The molecule has 28 heavy (non-hydrogen) atoms. The number of carbonyl (C=O) groups is 1. The highest BCUT2D eigenvalue weighted by molar-refractivity contribution is 5.91. The van der Waals surface area contributed by atoms with Crippen molar-refractivity contribution in [2.45, 2.75) is 19.8 Å². The molecule has 0 spiro atoms. The molecule has 7 heteroatoms. The molecule has 2 aromatic carbocycles. The molecule has 0 bridgehead atoms. The summed E-state index contributed by atoms with van der Waals surface area (Å²) in [6.07, 6.45) is 0.444. The van der Waals surface area contributed by atoms with Gasteiger partial charge in [0.15, 0.2) is 0 Å². The van der Waals surface area contributed by atoms with Crippen LogP contribution < -0.4 is 5.32 Å². The lowest BCUT2D eigenvalue weighted by atomic mass is 10.1. The first-order valence-electron chi connectivity index (χ1n) is 8.83. The van der Waals surface area contributed by atoms with Gasteiger partial charge in [-0.05, 0) is 36.8 Å². The van der Waals surface area contributed by atoms with Crippen molar-refractivity contribution in [3.8, 4) is 11.4 Å². The van der Waals surface area contributed by atoms with Crippen molar-refractivity contribution in [2.24, 2.45) is 0 Å². The smallest absolute Gasteiger partial charge is 0.227 e. The number of hydrogen-bond acceptors (Lipinski definition) is 5. The van der Waals surface area contributed by atoms with Crippen LogP contribution in [0.1, 0.15) is 17.9 Å². The van der Waals surface area contributed by atoms with Gasteiger partial charge in [-0.2, -0.15) is 4.98 Å². The maximum atomic E-state index is 13.7. The number of fused-ring (bicyclic) bond motifs is 1. The first-order valence-corrected chi connectivity index (χ1v) is 8.83. The zero-order valence-corrected chi connectivity index (χ0v) is 15.1. The minimum Gasteiger partial charge on any atom is -0.339 e. The minimum absolute atomic E-state index is 0.165. The maximum absolute atomic E-state index is 13.7. The third-order valence-electron chi connectivity index (χ3n) is 4.33. The van der Waals surface area contributed by atoms with E-state index in [0.29, 0.717) is 28.7 Å². The number of benzene rings is 2. The van der Waals surface area contributed by atoms with Gasteiger partial charge >= 0.3 is 0 Å². The largest absolute Gasteiger partial charge is 0.339 e. The van der Waals surface area contributed by atoms with Crippen LogP contribution in [0.3, 0.4) is 0 Å². The van der Waals surface area contributed by atoms with Crippen LogP contribution >= 0.6 is 0 Å². The number of amides is 1. The average Bonchev–Trinajstić information content (AvgIpc) is 3.17. The fourth-order valence-electron chi connectivity index (χ4n) is 2.77. The Morgan fingerprint density at radius 3 is 2.82 bits per heavy atom. The van der Waals surface area contributed by atoms with E-state index in [2.05, 4.69) is 20.4 Å². The van der Waals surface area contributed by atoms with Crippen molar-refractivity contribution in [2.75, 3.05) is 5.32 Å². The van der Waals surface area contributed by atoms with E-state index >= 15 is 0 Å². The molecule has 0 atom stereocenters. The molecule has 0 fully saturated rings. The van der Waals surface area contributed by atoms with Crippen LogP contribution in [-0.2, 0) is 11.2 Å². The molecule has 4 aromatic rings. The van der Waals surface area contributed by atoms with E-state index in [0.717, 1.165) is 10.9 Å². The molecule has 4 rings (SSSR count). The lowest BCUT2D eigenvalue weighted by Crippen LogP contribution is -2.13. The van der Waals surface area contributed by atoms with Crippen molar-refractivity contribution < 1.29 is 13.7 Å². The zero-order valence-electron chi connectivity index (χ0n) is 15.1. The standard InChI is InChI=1S/C21H17FN4O2/c1-13-6-7-15(12-16(13)22)21-25-20(28-26-21)11-10-19(27)24-18-9-8-14-4-2-3-5-17(14)23-18/h2-9,12H,10-11H2,1H3,(H,23,24,27). The second-order valence-electron chi connectivity index (χ2n) is 6.41. The highest BCUT2D eigenvalue weighted by Crippen LogP contribution is 2.19. The van der Waals surface area contributed by atoms with E-state index in [1.165, 1.54) is 6.07 Å². The third-order valence-corrected chi connectivity index (χ3v) is 4.33. The van der Waals surface area contributed by atoms with Gasteiger partial charge in [0.25, 0.3) is 0 Å². The molecular formula is C21H17FN4O2. The topological polar surface area (TPSA) is 80.9 Å². The molecule has 0 saturated heterocycles. The van der Waals surface area contributed by atoms with Crippen LogP contribution in [0.5, 0.6) is 0 Å². The SMILES string of the molecule is Cc1ccc(-c2noc(CCC(=O)Nc3ccc4ccccc4n3)n2)cc1F. The Morgan fingerprint density at radius 2 is 1.96 bits per heavy atom. The normalized spacial score (nSPS) is 10.9. The average molecular weight is 376 g/mol. The number of aryl methyl sites for hydroxylation is 2. The molecule has 0 aliphatic heterocycles. The Bertz CT molecular complexity index is 1160. The second kappa shape index (κ2) is 7.56. The number of nitrogens with one attached hydrogen (secondary N) is 1. The Labute approximate surface area is 160 Å². The lowest BCUT2D eigenvalue weighted by Gasteiger charge is -2.04. The number of aromatic nitrogens is 3. The highest BCUT2D eigenvalue weighted by atomic mass is 19.1. The van der Waals surface area contributed by atoms with Crippen LogP contribution in [0.4, 0.5) is 10.2 Å². The summed E-state index contributed by atoms with van der Waals surface area (Å²) in [4.78, 5) is 20.8. The van der Waals surface area contributed by atoms with Crippen LogP contribution in [-0.4, -0.2) is 21.0 Å². The third kappa shape index (κ3) is 3.88. The number of halogens is 1. The number of rotatable bonds is 5. The van der Waals surface area contributed by atoms with E-state index in [1.807, 2.05) is 30.3 Å². The molecule has 0 radical (unpaired) electrons. The van der Waals surface area contributed by atoms with Gasteiger partial charge in [-0.3, -0.25) is 4.79 Å². The fraction of sp³-hybridized carbons (Fsp3) is 0.143. The Kier molecular flexibility index (Phi) is 4.80. The van der Waals surface area contributed by atoms with Crippen LogP contribution in [0.25, 0.3) is 22.3 Å². The summed E-state index contributed by atoms with van der Waals surface area (Å²) in [6, 6.07) is 16.1. The monoisotopic (exact) mass is 376 g/mol. The Hall–Kier alpha value is -3.61. The Balaban J connectivity index is 1.38. The summed E-state index contributed by atoms with van der Waals surface area (Å²) in [7, 11) is 0. The highest BCUT2D eigenvalue weighted by Gasteiger charge is 2.12. The summed E-state index contributed by atoms with van der Waals surface area (Å²) in [5.74, 6) is 0.572. The van der Waals surface area contributed by atoms with Gasteiger partial charge in [-0.15, -0.1) is 0 Å². The fourth-order valence-corrected chi connectivity index (χ4v) is 2.77. The number of pyridine rings is 1. The molecule has 6 nitrogen and oxygen atoms in total. The minimum atomic E-state index is -0.328. The maximum Gasteiger partial charge on any atom is 0.227 e. The van der Waals surface area contributed by atoms with Gasteiger partial charge in [0.05, 0.1) is 5.52 Å². The molecule has 1 N–H and O–H groups in total. The number of carbonyl (C=O) groups excluding carboxylic acids is 1. The van der Waals surface area contributed by atoms with E-state index in [4.69, 9.17) is 4.52 Å². The first kappa shape index (κ1) is 17.8. The first-order chi connectivity index (χ1) is 13.6. The van der Waals surface area contributed by atoms with Crippen molar-refractivity contribution in [1.29, 1.82) is 0 Å². The molecule has 0 unspecified atom stereocenters. The summed E-state index contributed by atoms with van der Waals surface area (Å²) in [5.41, 5.74) is 1.89. The van der Waals surface area contributed by atoms with Crippen molar-refractivity contribution in [3.63, 3.8) is 0 Å². The lowest BCUT2D eigenvalue weighted by molar-refractivity contribution is -0.116.